The first-order valence-corrected chi connectivity index (χ1v) is 7.95. The molecular formula is C17H17ClN2O3. The monoisotopic (exact) mass is 332 g/mol. The van der Waals surface area contributed by atoms with Crippen molar-refractivity contribution in [3.8, 4) is 0 Å². The third-order valence-corrected chi connectivity index (χ3v) is 4.64. The summed E-state index contributed by atoms with van der Waals surface area (Å²) in [6.07, 6.45) is 4.97. The minimum atomic E-state index is -0.848. The highest BCUT2D eigenvalue weighted by atomic mass is 35.5. The van der Waals surface area contributed by atoms with Crippen molar-refractivity contribution in [2.24, 2.45) is 11.8 Å². The van der Waals surface area contributed by atoms with E-state index in [4.69, 9.17) is 11.6 Å². The predicted molar refractivity (Wildman–Crippen MR) is 86.8 cm³/mol. The van der Waals surface area contributed by atoms with Gasteiger partial charge in [-0.1, -0.05) is 29.8 Å². The van der Waals surface area contributed by atoms with Crippen LogP contribution in [-0.4, -0.2) is 28.7 Å². The second-order valence-corrected chi connectivity index (χ2v) is 6.31. The van der Waals surface area contributed by atoms with Crippen LogP contribution in [0.5, 0.6) is 0 Å². The van der Waals surface area contributed by atoms with Gasteiger partial charge in [0.05, 0.1) is 11.8 Å². The van der Waals surface area contributed by atoms with Crippen LogP contribution >= 0.6 is 11.6 Å². The highest BCUT2D eigenvalue weighted by Crippen LogP contribution is 2.36. The zero-order valence-corrected chi connectivity index (χ0v) is 13.4. The Morgan fingerprint density at radius 3 is 2.39 bits per heavy atom. The molecule has 0 spiro atoms. The normalized spacial score (nSPS) is 24.5. The van der Waals surface area contributed by atoms with Gasteiger partial charge in [0.25, 0.3) is 0 Å². The van der Waals surface area contributed by atoms with Crippen molar-refractivity contribution >= 4 is 35.0 Å². The molecule has 1 aliphatic heterocycles. The quantitative estimate of drug-likeness (QED) is 0.683. The lowest BCUT2D eigenvalue weighted by molar-refractivity contribution is -0.146. The summed E-state index contributed by atoms with van der Waals surface area (Å²) >= 11 is 5.89. The Morgan fingerprint density at radius 1 is 1.22 bits per heavy atom. The zero-order valence-electron chi connectivity index (χ0n) is 12.7. The molecule has 1 N–H and O–H groups in total. The van der Waals surface area contributed by atoms with E-state index in [0.29, 0.717) is 23.6 Å². The van der Waals surface area contributed by atoms with Gasteiger partial charge in [0, 0.05) is 10.7 Å². The van der Waals surface area contributed by atoms with Gasteiger partial charge in [0.1, 0.15) is 6.04 Å². The molecule has 1 fully saturated rings. The lowest BCUT2D eigenvalue weighted by atomic mass is 9.85. The number of hydrogen-bond acceptors (Lipinski definition) is 3. The molecule has 120 valence electrons. The largest absolute Gasteiger partial charge is 0.324 e. The predicted octanol–water partition coefficient (Wildman–Crippen LogP) is 2.62. The van der Waals surface area contributed by atoms with Crippen LogP contribution in [-0.2, 0) is 14.4 Å². The Bertz CT molecular complexity index is 675. The van der Waals surface area contributed by atoms with Crippen LogP contribution in [0.25, 0.3) is 0 Å². The first-order chi connectivity index (χ1) is 11.0. The average molecular weight is 333 g/mol. The Labute approximate surface area is 139 Å². The van der Waals surface area contributed by atoms with Crippen molar-refractivity contribution in [1.82, 2.24) is 4.90 Å². The molecule has 1 aromatic carbocycles. The number of carbonyl (C=O) groups excluding carboxylic acids is 3. The second kappa shape index (κ2) is 6.16. The van der Waals surface area contributed by atoms with Gasteiger partial charge in [-0.25, -0.2) is 0 Å². The van der Waals surface area contributed by atoms with E-state index in [1.807, 2.05) is 12.2 Å². The lowest BCUT2D eigenvalue weighted by Crippen LogP contribution is -2.46. The number of allylic oxidation sites excluding steroid dienone is 2. The minimum absolute atomic E-state index is 0.252. The maximum atomic E-state index is 12.5. The van der Waals surface area contributed by atoms with E-state index in [1.54, 1.807) is 31.2 Å². The van der Waals surface area contributed by atoms with E-state index in [1.165, 1.54) is 0 Å². The van der Waals surface area contributed by atoms with Gasteiger partial charge in [0.2, 0.25) is 17.7 Å². The fourth-order valence-corrected chi connectivity index (χ4v) is 3.33. The highest BCUT2D eigenvalue weighted by molar-refractivity contribution is 6.30. The Kier molecular flexibility index (Phi) is 4.22. The molecule has 0 bridgehead atoms. The van der Waals surface area contributed by atoms with Crippen LogP contribution in [0.4, 0.5) is 5.69 Å². The van der Waals surface area contributed by atoms with Crippen LogP contribution < -0.4 is 5.32 Å². The molecule has 1 saturated heterocycles. The summed E-state index contributed by atoms with van der Waals surface area (Å²) < 4.78 is 0. The Balaban J connectivity index is 1.75. The van der Waals surface area contributed by atoms with E-state index >= 15 is 0 Å². The van der Waals surface area contributed by atoms with Crippen molar-refractivity contribution in [1.29, 1.82) is 0 Å². The van der Waals surface area contributed by atoms with E-state index in [2.05, 4.69) is 5.32 Å². The van der Waals surface area contributed by atoms with Crippen molar-refractivity contribution in [3.05, 3.63) is 41.4 Å². The zero-order chi connectivity index (χ0) is 16.6. The fourth-order valence-electron chi connectivity index (χ4n) is 3.14. The molecule has 0 aromatic heterocycles. The van der Waals surface area contributed by atoms with Gasteiger partial charge in [-0.2, -0.15) is 0 Å². The van der Waals surface area contributed by atoms with E-state index in [9.17, 15) is 14.4 Å². The molecule has 6 heteroatoms. The number of imide groups is 1. The number of amides is 3. The van der Waals surface area contributed by atoms with Gasteiger partial charge < -0.3 is 5.32 Å². The summed E-state index contributed by atoms with van der Waals surface area (Å²) in [6, 6.07) is 5.89. The number of halogens is 1. The maximum Gasteiger partial charge on any atom is 0.247 e. The number of nitrogens with zero attached hydrogens (tertiary/aromatic N) is 1. The van der Waals surface area contributed by atoms with E-state index < -0.39 is 11.9 Å². The molecular weight excluding hydrogens is 316 g/mol. The number of nitrogens with one attached hydrogen (secondary N) is 1. The molecule has 0 saturated carbocycles. The van der Waals surface area contributed by atoms with Crippen LogP contribution in [0.1, 0.15) is 19.8 Å². The fraction of sp³-hybridized carbons (Fsp3) is 0.353. The first-order valence-electron chi connectivity index (χ1n) is 7.57. The molecule has 0 radical (unpaired) electrons. The molecule has 23 heavy (non-hydrogen) atoms. The third kappa shape index (κ3) is 2.88. The Hall–Kier alpha value is -2.14. The lowest BCUT2D eigenvalue weighted by Gasteiger charge is -2.22. The van der Waals surface area contributed by atoms with Gasteiger partial charge in [-0.15, -0.1) is 0 Å². The SMILES string of the molecule is CC(C(=O)Nc1cccc(Cl)c1)N1C(=O)C2CC=CCC2C1=O. The van der Waals surface area contributed by atoms with E-state index in [0.717, 1.165) is 4.90 Å². The van der Waals surface area contributed by atoms with Crippen molar-refractivity contribution in [2.75, 3.05) is 5.32 Å². The molecule has 1 heterocycles. The van der Waals surface area contributed by atoms with Gasteiger partial charge in [0.15, 0.2) is 0 Å². The smallest absolute Gasteiger partial charge is 0.247 e. The van der Waals surface area contributed by atoms with Gasteiger partial charge >= 0.3 is 0 Å². The molecule has 2 aliphatic rings. The summed E-state index contributed by atoms with van der Waals surface area (Å²) in [6.45, 7) is 1.57. The number of likely N-dealkylation sites (tertiary alicyclic amines) is 1. The Morgan fingerprint density at radius 2 is 1.83 bits per heavy atom. The summed E-state index contributed by atoms with van der Waals surface area (Å²) in [5, 5.41) is 3.20. The number of anilines is 1. The standard InChI is InChI=1S/C17H17ClN2O3/c1-10(15(21)19-12-6-4-5-11(18)9-12)20-16(22)13-7-2-3-8-14(13)17(20)23/h2-6,9-10,13-14H,7-8H2,1H3,(H,19,21). The van der Waals surface area contributed by atoms with Crippen LogP contribution in [0.3, 0.4) is 0 Å². The molecule has 3 amide bonds. The molecule has 3 rings (SSSR count). The average Bonchev–Trinajstić information content (AvgIpc) is 2.79. The summed E-state index contributed by atoms with van der Waals surface area (Å²) in [5.41, 5.74) is 0.535. The van der Waals surface area contributed by atoms with Crippen LogP contribution in [0, 0.1) is 11.8 Å². The summed E-state index contributed by atoms with van der Waals surface area (Å²) in [7, 11) is 0. The van der Waals surface area contributed by atoms with Gasteiger partial charge in [-0.05, 0) is 38.0 Å². The number of rotatable bonds is 3. The number of hydrogen-bond donors (Lipinski definition) is 1. The third-order valence-electron chi connectivity index (χ3n) is 4.40. The minimum Gasteiger partial charge on any atom is -0.324 e. The summed E-state index contributed by atoms with van der Waals surface area (Å²) in [4.78, 5) is 38.5. The van der Waals surface area contributed by atoms with Crippen molar-refractivity contribution in [3.63, 3.8) is 0 Å². The number of carbonyl (C=O) groups is 3. The van der Waals surface area contributed by atoms with Crippen molar-refractivity contribution in [2.45, 2.75) is 25.8 Å². The second-order valence-electron chi connectivity index (χ2n) is 5.88. The molecule has 3 unspecified atom stereocenters. The molecule has 1 aromatic rings. The highest BCUT2D eigenvalue weighted by Gasteiger charge is 2.50. The molecule has 5 nitrogen and oxygen atoms in total. The summed E-state index contributed by atoms with van der Waals surface area (Å²) in [5.74, 6) is -1.56. The molecule has 3 atom stereocenters. The van der Waals surface area contributed by atoms with Crippen molar-refractivity contribution < 1.29 is 14.4 Å². The molecule has 1 aliphatic carbocycles. The van der Waals surface area contributed by atoms with E-state index in [-0.39, 0.29) is 23.7 Å². The van der Waals surface area contributed by atoms with Gasteiger partial charge in [-0.3, -0.25) is 19.3 Å². The topological polar surface area (TPSA) is 66.5 Å². The maximum absolute atomic E-state index is 12.5. The van der Waals surface area contributed by atoms with Crippen LogP contribution in [0.2, 0.25) is 5.02 Å². The number of benzene rings is 1. The number of fused-ring (bicyclic) bond motifs is 1. The van der Waals surface area contributed by atoms with Crippen LogP contribution in [0.15, 0.2) is 36.4 Å². The first kappa shape index (κ1) is 15.7.